The Morgan fingerprint density at radius 3 is 2.67 bits per heavy atom. The summed E-state index contributed by atoms with van der Waals surface area (Å²) < 4.78 is 44.2. The highest BCUT2D eigenvalue weighted by molar-refractivity contribution is 9.10. The van der Waals surface area contributed by atoms with Gasteiger partial charge in [-0.2, -0.15) is 13.2 Å². The molecule has 1 rings (SSSR count). The second kappa shape index (κ2) is 8.38. The summed E-state index contributed by atoms with van der Waals surface area (Å²) in [7, 11) is 0. The molecule has 0 heterocycles. The molecule has 0 aromatic heterocycles. The number of nitrogens with one attached hydrogen (secondary N) is 1. The van der Waals surface area contributed by atoms with Crippen LogP contribution in [-0.2, 0) is 10.9 Å². The smallest absolute Gasteiger partial charge is 0.380 e. The van der Waals surface area contributed by atoms with Crippen LogP contribution in [0.2, 0.25) is 0 Å². The Bertz CT molecular complexity index is 478. The molecular formula is C14H17BrF3NO2. The Labute approximate surface area is 130 Å². The predicted octanol–water partition coefficient (Wildman–Crippen LogP) is 4.01. The van der Waals surface area contributed by atoms with Crippen LogP contribution in [0.3, 0.4) is 0 Å². The lowest BCUT2D eigenvalue weighted by atomic mass is 10.1. The Kier molecular flexibility index (Phi) is 7.17. The van der Waals surface area contributed by atoms with Crippen LogP contribution in [0, 0.1) is 0 Å². The van der Waals surface area contributed by atoms with Crippen LogP contribution in [0.15, 0.2) is 22.7 Å². The summed E-state index contributed by atoms with van der Waals surface area (Å²) in [6, 6.07) is 3.45. The fourth-order valence-electron chi connectivity index (χ4n) is 1.63. The highest BCUT2D eigenvalue weighted by Crippen LogP contribution is 2.33. The van der Waals surface area contributed by atoms with Crippen LogP contribution < -0.4 is 5.32 Å². The lowest BCUT2D eigenvalue weighted by Gasteiger charge is -2.13. The van der Waals surface area contributed by atoms with Gasteiger partial charge < -0.3 is 10.1 Å². The normalized spacial score (nSPS) is 11.5. The average Bonchev–Trinajstić information content (AvgIpc) is 2.41. The van der Waals surface area contributed by atoms with Gasteiger partial charge >= 0.3 is 6.18 Å². The number of halogens is 4. The molecule has 0 radical (unpaired) electrons. The van der Waals surface area contributed by atoms with E-state index in [1.54, 1.807) is 0 Å². The molecule has 3 nitrogen and oxygen atoms in total. The first-order valence-corrected chi connectivity index (χ1v) is 7.38. The maximum Gasteiger partial charge on any atom is 0.417 e. The summed E-state index contributed by atoms with van der Waals surface area (Å²) >= 11 is 2.97. The van der Waals surface area contributed by atoms with Gasteiger partial charge in [0.1, 0.15) is 0 Å². The molecule has 1 N–H and O–H groups in total. The molecule has 1 aromatic carbocycles. The van der Waals surface area contributed by atoms with E-state index < -0.39 is 17.6 Å². The molecule has 21 heavy (non-hydrogen) atoms. The van der Waals surface area contributed by atoms with Crippen molar-refractivity contribution < 1.29 is 22.7 Å². The summed E-state index contributed by atoms with van der Waals surface area (Å²) in [5, 5.41) is 2.43. The van der Waals surface area contributed by atoms with Gasteiger partial charge in [-0.05, 0) is 24.6 Å². The molecule has 0 unspecified atom stereocenters. The quantitative estimate of drug-likeness (QED) is 0.739. The van der Waals surface area contributed by atoms with E-state index in [0.29, 0.717) is 6.61 Å². The maximum absolute atomic E-state index is 12.9. The lowest BCUT2D eigenvalue weighted by Crippen LogP contribution is -2.29. The number of benzene rings is 1. The van der Waals surface area contributed by atoms with Gasteiger partial charge in [0.2, 0.25) is 0 Å². The van der Waals surface area contributed by atoms with E-state index in [4.69, 9.17) is 4.74 Å². The van der Waals surface area contributed by atoms with Crippen LogP contribution in [-0.4, -0.2) is 25.7 Å². The fourth-order valence-corrected chi connectivity index (χ4v) is 1.99. The second-order valence-corrected chi connectivity index (χ2v) is 5.33. The molecule has 0 aliphatic rings. The first-order valence-electron chi connectivity index (χ1n) is 6.59. The number of alkyl halides is 3. The van der Waals surface area contributed by atoms with Crippen molar-refractivity contribution in [1.29, 1.82) is 0 Å². The van der Waals surface area contributed by atoms with Gasteiger partial charge in [0.15, 0.2) is 0 Å². The maximum atomic E-state index is 12.9. The third-order valence-corrected chi connectivity index (χ3v) is 3.20. The average molecular weight is 368 g/mol. The number of unbranched alkanes of at least 4 members (excludes halogenated alkanes) is 1. The number of rotatable bonds is 7. The van der Waals surface area contributed by atoms with Gasteiger partial charge in [-0.1, -0.05) is 29.3 Å². The van der Waals surface area contributed by atoms with Crippen molar-refractivity contribution in [2.45, 2.75) is 25.9 Å². The standard InChI is InChI=1S/C14H17BrF3NO2/c1-2-3-7-21-8-6-19-13(20)11-5-4-10(15)9-12(11)14(16,17)18/h4-5,9H,2-3,6-8H2,1H3,(H,19,20). The molecule has 0 aliphatic carbocycles. The summed E-state index contributed by atoms with van der Waals surface area (Å²) in [5.74, 6) is -0.756. The van der Waals surface area contributed by atoms with E-state index in [-0.39, 0.29) is 23.2 Å². The number of hydrogen-bond donors (Lipinski definition) is 1. The fraction of sp³-hybridized carbons (Fsp3) is 0.500. The topological polar surface area (TPSA) is 38.3 Å². The second-order valence-electron chi connectivity index (χ2n) is 4.41. The molecule has 1 amide bonds. The summed E-state index contributed by atoms with van der Waals surface area (Å²) in [6.45, 7) is 3.06. The Hall–Kier alpha value is -1.08. The first-order chi connectivity index (χ1) is 9.86. The predicted molar refractivity (Wildman–Crippen MR) is 77.2 cm³/mol. The molecule has 118 valence electrons. The van der Waals surface area contributed by atoms with Crippen molar-refractivity contribution in [2.24, 2.45) is 0 Å². The number of ether oxygens (including phenoxy) is 1. The zero-order valence-corrected chi connectivity index (χ0v) is 13.2. The molecular weight excluding hydrogens is 351 g/mol. The number of hydrogen-bond acceptors (Lipinski definition) is 2. The Balaban J connectivity index is 2.62. The van der Waals surface area contributed by atoms with E-state index in [1.807, 2.05) is 6.92 Å². The molecule has 7 heteroatoms. The molecule has 1 aromatic rings. The van der Waals surface area contributed by atoms with Gasteiger partial charge in [0, 0.05) is 17.6 Å². The van der Waals surface area contributed by atoms with E-state index in [0.717, 1.165) is 25.0 Å². The summed E-state index contributed by atoms with van der Waals surface area (Å²) in [6.07, 6.45) is -2.66. The molecule has 0 saturated carbocycles. The van der Waals surface area contributed by atoms with Crippen LogP contribution in [0.5, 0.6) is 0 Å². The van der Waals surface area contributed by atoms with Crippen LogP contribution in [0.4, 0.5) is 13.2 Å². The minimum Gasteiger partial charge on any atom is -0.380 e. The van der Waals surface area contributed by atoms with E-state index in [2.05, 4.69) is 21.2 Å². The zero-order valence-electron chi connectivity index (χ0n) is 11.6. The van der Waals surface area contributed by atoms with Crippen molar-refractivity contribution in [3.05, 3.63) is 33.8 Å². The Morgan fingerprint density at radius 1 is 1.33 bits per heavy atom. The summed E-state index contributed by atoms with van der Waals surface area (Å²) in [4.78, 5) is 11.8. The minimum atomic E-state index is -4.58. The van der Waals surface area contributed by atoms with Crippen molar-refractivity contribution in [3.8, 4) is 0 Å². The van der Waals surface area contributed by atoms with Crippen molar-refractivity contribution in [2.75, 3.05) is 19.8 Å². The third kappa shape index (κ3) is 6.05. The first kappa shape index (κ1) is 18.0. The molecule has 0 saturated heterocycles. The van der Waals surface area contributed by atoms with Gasteiger partial charge in [-0.15, -0.1) is 0 Å². The third-order valence-electron chi connectivity index (χ3n) is 2.71. The van der Waals surface area contributed by atoms with Crippen LogP contribution in [0.25, 0.3) is 0 Å². The summed E-state index contributed by atoms with van der Waals surface area (Å²) in [5.41, 5.74) is -1.35. The molecule has 0 atom stereocenters. The molecule has 0 aliphatic heterocycles. The van der Waals surface area contributed by atoms with Crippen molar-refractivity contribution >= 4 is 21.8 Å². The SMILES string of the molecule is CCCCOCCNC(=O)c1ccc(Br)cc1C(F)(F)F. The Morgan fingerprint density at radius 2 is 2.05 bits per heavy atom. The zero-order chi connectivity index (χ0) is 15.9. The van der Waals surface area contributed by atoms with Crippen molar-refractivity contribution in [1.82, 2.24) is 5.32 Å². The highest BCUT2D eigenvalue weighted by atomic mass is 79.9. The van der Waals surface area contributed by atoms with Crippen molar-refractivity contribution in [3.63, 3.8) is 0 Å². The largest absolute Gasteiger partial charge is 0.417 e. The van der Waals surface area contributed by atoms with Gasteiger partial charge in [0.25, 0.3) is 5.91 Å². The lowest BCUT2D eigenvalue weighted by molar-refractivity contribution is -0.138. The number of carbonyl (C=O) groups is 1. The molecule has 0 fully saturated rings. The minimum absolute atomic E-state index is 0.176. The number of amides is 1. The van der Waals surface area contributed by atoms with Gasteiger partial charge in [-0.25, -0.2) is 0 Å². The monoisotopic (exact) mass is 367 g/mol. The number of carbonyl (C=O) groups excluding carboxylic acids is 1. The van der Waals surface area contributed by atoms with E-state index in [1.165, 1.54) is 6.07 Å². The van der Waals surface area contributed by atoms with Crippen LogP contribution >= 0.6 is 15.9 Å². The molecule has 0 spiro atoms. The van der Waals surface area contributed by atoms with Crippen LogP contribution in [0.1, 0.15) is 35.7 Å². The van der Waals surface area contributed by atoms with Gasteiger partial charge in [0.05, 0.1) is 17.7 Å². The van der Waals surface area contributed by atoms with E-state index in [9.17, 15) is 18.0 Å². The molecule has 0 bridgehead atoms. The highest BCUT2D eigenvalue weighted by Gasteiger charge is 2.35. The van der Waals surface area contributed by atoms with Gasteiger partial charge in [-0.3, -0.25) is 4.79 Å². The van der Waals surface area contributed by atoms with E-state index >= 15 is 0 Å².